The number of amides is 3. The number of nitrogens with two attached hydrogens (primary N) is 2. The number of rotatable bonds is 4. The summed E-state index contributed by atoms with van der Waals surface area (Å²) in [6.45, 7) is 2.49. The van der Waals surface area contributed by atoms with E-state index in [4.69, 9.17) is 16.2 Å². The van der Waals surface area contributed by atoms with Gasteiger partial charge in [0.05, 0.1) is 35.3 Å². The second-order valence-electron chi connectivity index (χ2n) is 8.03. The Bertz CT molecular complexity index is 1240. The molecule has 3 aromatic rings. The number of anilines is 2. The number of piperidine rings is 1. The number of ether oxygens (including phenoxy) is 1. The molecule has 11 heteroatoms. The lowest BCUT2D eigenvalue weighted by atomic mass is 9.89. The molecule has 4 rings (SSSR count). The third kappa shape index (κ3) is 4.58. The first-order valence-corrected chi connectivity index (χ1v) is 11.2. The fourth-order valence-electron chi connectivity index (χ4n) is 4.07. The lowest BCUT2D eigenvalue weighted by Crippen LogP contribution is -2.46. The number of benzene rings is 1. The van der Waals surface area contributed by atoms with E-state index in [1.807, 2.05) is 25.1 Å². The number of methoxy groups -OCH3 is 1. The minimum Gasteiger partial charge on any atom is -0.480 e. The summed E-state index contributed by atoms with van der Waals surface area (Å²) < 4.78 is 5.97. The number of nitrogens with one attached hydrogen (secondary N) is 1. The maximum Gasteiger partial charge on any atom is 0.313 e. The number of aromatic nitrogens is 2. The predicted molar refractivity (Wildman–Crippen MR) is 125 cm³/mol. The summed E-state index contributed by atoms with van der Waals surface area (Å²) in [5.41, 5.74) is 13.0. The summed E-state index contributed by atoms with van der Waals surface area (Å²) in [6, 6.07) is 6.88. The van der Waals surface area contributed by atoms with E-state index in [1.165, 1.54) is 30.7 Å². The van der Waals surface area contributed by atoms with E-state index in [0.29, 0.717) is 11.7 Å². The number of fused-ring (bicyclic) bond motifs is 1. The van der Waals surface area contributed by atoms with Gasteiger partial charge in [0.1, 0.15) is 5.56 Å². The van der Waals surface area contributed by atoms with Gasteiger partial charge in [-0.3, -0.25) is 14.4 Å². The molecule has 3 heterocycles. The van der Waals surface area contributed by atoms with Crippen LogP contribution in [0.2, 0.25) is 0 Å². The van der Waals surface area contributed by atoms with Gasteiger partial charge in [-0.05, 0) is 42.5 Å². The van der Waals surface area contributed by atoms with Gasteiger partial charge < -0.3 is 26.4 Å². The summed E-state index contributed by atoms with van der Waals surface area (Å²) in [5, 5.41) is 3.00. The van der Waals surface area contributed by atoms with Crippen molar-refractivity contribution in [2.45, 2.75) is 25.8 Å². The molecule has 2 aromatic heterocycles. The lowest BCUT2D eigenvalue weighted by molar-refractivity contribution is -0.146. The summed E-state index contributed by atoms with van der Waals surface area (Å²) in [6.07, 6.45) is 2.95. The van der Waals surface area contributed by atoms with Crippen molar-refractivity contribution in [1.82, 2.24) is 14.9 Å². The van der Waals surface area contributed by atoms with E-state index in [1.54, 1.807) is 4.90 Å². The summed E-state index contributed by atoms with van der Waals surface area (Å²) >= 11 is 1.40. The zero-order valence-corrected chi connectivity index (χ0v) is 19.0. The zero-order valence-electron chi connectivity index (χ0n) is 18.2. The van der Waals surface area contributed by atoms with Crippen molar-refractivity contribution in [2.75, 3.05) is 24.7 Å². The van der Waals surface area contributed by atoms with Gasteiger partial charge in [0.2, 0.25) is 5.88 Å². The molecule has 0 radical (unpaired) electrons. The molecule has 0 spiro atoms. The Morgan fingerprint density at radius 3 is 2.76 bits per heavy atom. The SMILES string of the molecule is COc1ncc(NC(=O)C(=O)N2C[C@@H](C)CC[C@@H]2c2ccc3sc(N)nc3c2)cc1C(N)=O. The van der Waals surface area contributed by atoms with Crippen LogP contribution < -0.4 is 21.5 Å². The average Bonchev–Trinajstić information content (AvgIpc) is 3.17. The Kier molecular flexibility index (Phi) is 6.14. The number of hydrogen-bond donors (Lipinski definition) is 3. The van der Waals surface area contributed by atoms with Crippen molar-refractivity contribution in [2.24, 2.45) is 11.7 Å². The normalized spacial score (nSPS) is 18.2. The maximum atomic E-state index is 13.2. The highest BCUT2D eigenvalue weighted by Crippen LogP contribution is 2.36. The Balaban J connectivity index is 1.58. The van der Waals surface area contributed by atoms with E-state index in [2.05, 4.69) is 15.3 Å². The standard InChI is InChI=1S/C22H24N6O4S/c1-11-3-5-16(12-4-6-17-15(7-12)27-22(24)33-17)28(10-11)21(31)19(30)26-13-8-14(18(23)29)20(32-2)25-9-13/h4,6-9,11,16H,3,5,10H2,1-2H3,(H2,23,29)(H2,24,27)(H,26,30)/t11-,16+/m0/s1. The van der Waals surface area contributed by atoms with E-state index in [-0.39, 0.29) is 29.1 Å². The minimum absolute atomic E-state index is 0.00283. The van der Waals surface area contributed by atoms with Crippen LogP contribution in [0.4, 0.5) is 10.8 Å². The fourth-order valence-corrected chi connectivity index (χ4v) is 4.78. The van der Waals surface area contributed by atoms with Crippen LogP contribution in [0, 0.1) is 5.92 Å². The van der Waals surface area contributed by atoms with Crippen LogP contribution in [0.3, 0.4) is 0 Å². The van der Waals surface area contributed by atoms with Gasteiger partial charge in [0.25, 0.3) is 5.91 Å². The summed E-state index contributed by atoms with van der Waals surface area (Å²) in [4.78, 5) is 47.6. The quantitative estimate of drug-likeness (QED) is 0.497. The average molecular weight is 469 g/mol. The van der Waals surface area contributed by atoms with E-state index in [0.717, 1.165) is 28.6 Å². The molecule has 3 amide bonds. The van der Waals surface area contributed by atoms with Gasteiger partial charge in [-0.2, -0.15) is 0 Å². The molecular weight excluding hydrogens is 444 g/mol. The van der Waals surface area contributed by atoms with Gasteiger partial charge >= 0.3 is 11.8 Å². The van der Waals surface area contributed by atoms with Crippen molar-refractivity contribution in [3.8, 4) is 5.88 Å². The number of nitrogens with zero attached hydrogens (tertiary/aromatic N) is 3. The van der Waals surface area contributed by atoms with E-state index >= 15 is 0 Å². The van der Waals surface area contributed by atoms with Crippen LogP contribution in [0.25, 0.3) is 10.2 Å². The summed E-state index contributed by atoms with van der Waals surface area (Å²) in [5.74, 6) is -1.96. The highest BCUT2D eigenvalue weighted by Gasteiger charge is 2.34. The first-order chi connectivity index (χ1) is 15.8. The number of likely N-dealkylation sites (tertiary alicyclic amines) is 1. The zero-order chi connectivity index (χ0) is 23.7. The molecule has 1 aliphatic heterocycles. The van der Waals surface area contributed by atoms with Crippen LogP contribution in [-0.2, 0) is 9.59 Å². The molecule has 1 saturated heterocycles. The number of carbonyl (C=O) groups is 3. The summed E-state index contributed by atoms with van der Waals surface area (Å²) in [7, 11) is 1.35. The first kappa shape index (κ1) is 22.5. The van der Waals surface area contributed by atoms with E-state index in [9.17, 15) is 14.4 Å². The molecule has 172 valence electrons. The Morgan fingerprint density at radius 1 is 1.24 bits per heavy atom. The molecular formula is C22H24N6O4S. The van der Waals surface area contributed by atoms with Crippen molar-refractivity contribution >= 4 is 50.1 Å². The topological polar surface area (TPSA) is 154 Å². The van der Waals surface area contributed by atoms with Gasteiger partial charge in [-0.15, -0.1) is 0 Å². The van der Waals surface area contributed by atoms with Crippen LogP contribution in [0.5, 0.6) is 5.88 Å². The molecule has 1 aromatic carbocycles. The second kappa shape index (κ2) is 9.02. The maximum absolute atomic E-state index is 13.2. The van der Waals surface area contributed by atoms with Gasteiger partial charge in [0, 0.05) is 6.54 Å². The monoisotopic (exact) mass is 468 g/mol. The molecule has 1 aliphatic rings. The molecule has 2 atom stereocenters. The van der Waals surface area contributed by atoms with Crippen LogP contribution in [-0.4, -0.2) is 46.2 Å². The van der Waals surface area contributed by atoms with Gasteiger partial charge in [-0.25, -0.2) is 9.97 Å². The van der Waals surface area contributed by atoms with Crippen molar-refractivity contribution < 1.29 is 19.1 Å². The lowest BCUT2D eigenvalue weighted by Gasteiger charge is -2.38. The van der Waals surface area contributed by atoms with Crippen molar-refractivity contribution in [1.29, 1.82) is 0 Å². The van der Waals surface area contributed by atoms with Crippen LogP contribution in [0.1, 0.15) is 41.7 Å². The van der Waals surface area contributed by atoms with Gasteiger partial charge in [0.15, 0.2) is 5.13 Å². The molecule has 0 saturated carbocycles. The Hall–Kier alpha value is -3.73. The van der Waals surface area contributed by atoms with E-state index < -0.39 is 17.7 Å². The first-order valence-electron chi connectivity index (χ1n) is 10.4. The number of thiazole rings is 1. The highest BCUT2D eigenvalue weighted by atomic mass is 32.1. The largest absolute Gasteiger partial charge is 0.480 e. The van der Waals surface area contributed by atoms with Gasteiger partial charge in [-0.1, -0.05) is 24.3 Å². The number of primary amides is 1. The van der Waals surface area contributed by atoms with Crippen LogP contribution in [0.15, 0.2) is 30.5 Å². The third-order valence-corrected chi connectivity index (χ3v) is 6.52. The Morgan fingerprint density at radius 2 is 2.03 bits per heavy atom. The van der Waals surface area contributed by atoms with Crippen LogP contribution >= 0.6 is 11.3 Å². The molecule has 0 aliphatic carbocycles. The second-order valence-corrected chi connectivity index (χ2v) is 9.10. The highest BCUT2D eigenvalue weighted by molar-refractivity contribution is 7.22. The van der Waals surface area contributed by atoms with Crippen molar-refractivity contribution in [3.05, 3.63) is 41.6 Å². The smallest absolute Gasteiger partial charge is 0.313 e. The minimum atomic E-state index is -0.824. The molecule has 10 nitrogen and oxygen atoms in total. The molecule has 1 fully saturated rings. The molecule has 33 heavy (non-hydrogen) atoms. The Labute approximate surface area is 193 Å². The number of carbonyl (C=O) groups excluding carboxylic acids is 3. The molecule has 5 N–H and O–H groups in total. The molecule has 0 bridgehead atoms. The fraction of sp³-hybridized carbons (Fsp3) is 0.318. The molecule has 0 unspecified atom stereocenters. The van der Waals surface area contributed by atoms with Crippen molar-refractivity contribution in [3.63, 3.8) is 0 Å². The predicted octanol–water partition coefficient (Wildman–Crippen LogP) is 2.32. The third-order valence-electron chi connectivity index (χ3n) is 5.65. The number of pyridine rings is 1. The number of nitrogen functional groups attached to an aromatic ring is 1. The number of hydrogen-bond acceptors (Lipinski definition) is 8.